The van der Waals surface area contributed by atoms with Crippen LogP contribution in [0.25, 0.3) is 5.69 Å². The molecular formula is C22H20FN3O2. The smallest absolute Gasteiger partial charge is 0.253 e. The van der Waals surface area contributed by atoms with Gasteiger partial charge >= 0.3 is 0 Å². The van der Waals surface area contributed by atoms with Gasteiger partial charge in [0.1, 0.15) is 0 Å². The number of methoxy groups -OCH3 is 1. The van der Waals surface area contributed by atoms with Gasteiger partial charge in [-0.25, -0.2) is 4.39 Å². The van der Waals surface area contributed by atoms with Crippen LogP contribution in [0.1, 0.15) is 32.9 Å². The molecule has 6 heteroatoms. The van der Waals surface area contributed by atoms with Crippen molar-refractivity contribution in [3.8, 4) is 17.5 Å². The van der Waals surface area contributed by atoms with Crippen LogP contribution in [0.4, 0.5) is 4.39 Å². The average Bonchev–Trinajstić information content (AvgIpc) is 3.00. The third-order valence-electron chi connectivity index (χ3n) is 4.60. The van der Waals surface area contributed by atoms with Crippen LogP contribution in [-0.2, 0) is 6.54 Å². The highest BCUT2D eigenvalue weighted by atomic mass is 19.1. The summed E-state index contributed by atoms with van der Waals surface area (Å²) in [5.41, 5.74) is 4.35. The van der Waals surface area contributed by atoms with E-state index in [0.29, 0.717) is 16.7 Å². The SMILES string of the molecule is COc1ccc(CNC(=O)c2cc(C)n(-c3ccc(C#N)cc3)c2C)cc1F. The Morgan fingerprint density at radius 1 is 1.18 bits per heavy atom. The van der Waals surface area contributed by atoms with Crippen LogP contribution < -0.4 is 10.1 Å². The molecule has 0 atom stereocenters. The molecule has 0 bridgehead atoms. The summed E-state index contributed by atoms with van der Waals surface area (Å²) in [5, 5.41) is 11.8. The third-order valence-corrected chi connectivity index (χ3v) is 4.60. The highest BCUT2D eigenvalue weighted by Crippen LogP contribution is 2.22. The van der Waals surface area contributed by atoms with Gasteiger partial charge in [-0.2, -0.15) is 5.26 Å². The zero-order valence-electron chi connectivity index (χ0n) is 15.9. The second-order valence-corrected chi connectivity index (χ2v) is 6.43. The molecule has 1 amide bonds. The van der Waals surface area contributed by atoms with Crippen LogP contribution in [0.3, 0.4) is 0 Å². The Balaban J connectivity index is 1.79. The summed E-state index contributed by atoms with van der Waals surface area (Å²) in [7, 11) is 1.41. The van der Waals surface area contributed by atoms with Crippen LogP contribution in [0, 0.1) is 31.0 Å². The monoisotopic (exact) mass is 377 g/mol. The van der Waals surface area contributed by atoms with Crippen molar-refractivity contribution in [1.82, 2.24) is 9.88 Å². The van der Waals surface area contributed by atoms with Crippen molar-refractivity contribution >= 4 is 5.91 Å². The predicted octanol–water partition coefficient (Wildman–Crippen LogP) is 4.04. The van der Waals surface area contributed by atoms with Crippen molar-refractivity contribution < 1.29 is 13.9 Å². The first-order chi connectivity index (χ1) is 13.4. The molecule has 3 rings (SSSR count). The first kappa shape index (κ1) is 19.2. The minimum atomic E-state index is -0.465. The van der Waals surface area contributed by atoms with E-state index in [9.17, 15) is 9.18 Å². The molecule has 0 unspecified atom stereocenters. The second kappa shape index (κ2) is 7.97. The molecule has 0 aliphatic carbocycles. The molecule has 28 heavy (non-hydrogen) atoms. The lowest BCUT2D eigenvalue weighted by atomic mass is 10.2. The molecule has 5 nitrogen and oxygen atoms in total. The maximum Gasteiger partial charge on any atom is 0.253 e. The van der Waals surface area contributed by atoms with E-state index in [0.717, 1.165) is 17.1 Å². The summed E-state index contributed by atoms with van der Waals surface area (Å²) >= 11 is 0. The van der Waals surface area contributed by atoms with Crippen LogP contribution in [0.5, 0.6) is 5.75 Å². The molecule has 0 spiro atoms. The van der Waals surface area contributed by atoms with Crippen LogP contribution in [0.15, 0.2) is 48.5 Å². The van der Waals surface area contributed by atoms with E-state index >= 15 is 0 Å². The number of hydrogen-bond acceptors (Lipinski definition) is 3. The van der Waals surface area contributed by atoms with Crippen molar-refractivity contribution in [2.45, 2.75) is 20.4 Å². The minimum absolute atomic E-state index is 0.168. The van der Waals surface area contributed by atoms with E-state index in [1.807, 2.05) is 36.6 Å². The number of aryl methyl sites for hydroxylation is 1. The number of nitrogens with zero attached hydrogens (tertiary/aromatic N) is 2. The fourth-order valence-electron chi connectivity index (χ4n) is 3.17. The number of rotatable bonds is 5. The van der Waals surface area contributed by atoms with Gasteiger partial charge in [-0.05, 0) is 61.9 Å². The predicted molar refractivity (Wildman–Crippen MR) is 104 cm³/mol. The molecule has 1 heterocycles. The standard InChI is InChI=1S/C22H20FN3O2/c1-14-10-19(15(2)26(14)18-7-4-16(12-24)5-8-18)22(27)25-13-17-6-9-21(28-3)20(23)11-17/h4-11H,13H2,1-3H3,(H,25,27). The number of aromatic nitrogens is 1. The van der Waals surface area contributed by atoms with Gasteiger partial charge in [-0.1, -0.05) is 6.07 Å². The maximum absolute atomic E-state index is 13.8. The molecule has 3 aromatic rings. The molecule has 2 aromatic carbocycles. The molecule has 0 aliphatic rings. The van der Waals surface area contributed by atoms with Gasteiger partial charge in [-0.15, -0.1) is 0 Å². The largest absolute Gasteiger partial charge is 0.494 e. The normalized spacial score (nSPS) is 10.4. The number of benzene rings is 2. The van der Waals surface area contributed by atoms with Gasteiger partial charge in [0.05, 0.1) is 24.3 Å². The van der Waals surface area contributed by atoms with E-state index in [-0.39, 0.29) is 18.2 Å². The Labute approximate surface area is 163 Å². The molecule has 1 N–H and O–H groups in total. The highest BCUT2D eigenvalue weighted by Gasteiger charge is 2.17. The second-order valence-electron chi connectivity index (χ2n) is 6.43. The zero-order valence-corrected chi connectivity index (χ0v) is 15.9. The summed E-state index contributed by atoms with van der Waals surface area (Å²) in [6, 6.07) is 15.7. The lowest BCUT2D eigenvalue weighted by Gasteiger charge is -2.10. The Kier molecular flexibility index (Phi) is 5.46. The van der Waals surface area contributed by atoms with Crippen LogP contribution in [0.2, 0.25) is 0 Å². The molecule has 0 aliphatic heterocycles. The highest BCUT2D eigenvalue weighted by molar-refractivity contribution is 5.95. The van der Waals surface area contributed by atoms with E-state index in [1.165, 1.54) is 19.2 Å². The Bertz CT molecular complexity index is 1060. The number of nitriles is 1. The van der Waals surface area contributed by atoms with E-state index in [2.05, 4.69) is 11.4 Å². The molecule has 1 aromatic heterocycles. The quantitative estimate of drug-likeness (QED) is 0.730. The van der Waals surface area contributed by atoms with Gasteiger partial charge in [0.2, 0.25) is 0 Å². The Hall–Kier alpha value is -3.59. The van der Waals surface area contributed by atoms with E-state index in [4.69, 9.17) is 10.00 Å². The number of carbonyl (C=O) groups is 1. The molecule has 142 valence electrons. The van der Waals surface area contributed by atoms with Gasteiger partial charge < -0.3 is 14.6 Å². The van der Waals surface area contributed by atoms with Crippen molar-refractivity contribution in [3.05, 3.63) is 82.4 Å². The fraction of sp³-hybridized carbons (Fsp3) is 0.182. The lowest BCUT2D eigenvalue weighted by Crippen LogP contribution is -2.23. The van der Waals surface area contributed by atoms with Crippen molar-refractivity contribution in [2.75, 3.05) is 7.11 Å². The van der Waals surface area contributed by atoms with Gasteiger partial charge in [-0.3, -0.25) is 4.79 Å². The van der Waals surface area contributed by atoms with E-state index in [1.54, 1.807) is 18.2 Å². The number of amides is 1. The summed E-state index contributed by atoms with van der Waals surface area (Å²) in [4.78, 5) is 12.7. The van der Waals surface area contributed by atoms with Gasteiger partial charge in [0, 0.05) is 23.6 Å². The number of halogens is 1. The average molecular weight is 377 g/mol. The first-order valence-electron chi connectivity index (χ1n) is 8.74. The van der Waals surface area contributed by atoms with Crippen molar-refractivity contribution in [2.24, 2.45) is 0 Å². The van der Waals surface area contributed by atoms with Crippen molar-refractivity contribution in [1.29, 1.82) is 5.26 Å². The van der Waals surface area contributed by atoms with Crippen LogP contribution in [-0.4, -0.2) is 17.6 Å². The Morgan fingerprint density at radius 2 is 1.89 bits per heavy atom. The Morgan fingerprint density at radius 3 is 2.50 bits per heavy atom. The molecular weight excluding hydrogens is 357 g/mol. The molecule has 0 fully saturated rings. The lowest BCUT2D eigenvalue weighted by molar-refractivity contribution is 0.0950. The minimum Gasteiger partial charge on any atom is -0.494 e. The summed E-state index contributed by atoms with van der Waals surface area (Å²) in [6.07, 6.45) is 0. The number of hydrogen-bond donors (Lipinski definition) is 1. The summed E-state index contributed by atoms with van der Waals surface area (Å²) < 4.78 is 20.7. The fourth-order valence-corrected chi connectivity index (χ4v) is 3.17. The summed E-state index contributed by atoms with van der Waals surface area (Å²) in [6.45, 7) is 3.99. The van der Waals surface area contributed by atoms with Gasteiger partial charge in [0.15, 0.2) is 11.6 Å². The summed E-state index contributed by atoms with van der Waals surface area (Å²) in [5.74, 6) is -0.529. The molecule has 0 radical (unpaired) electrons. The number of nitrogens with one attached hydrogen (secondary N) is 1. The van der Waals surface area contributed by atoms with Crippen LogP contribution >= 0.6 is 0 Å². The van der Waals surface area contributed by atoms with Gasteiger partial charge in [0.25, 0.3) is 5.91 Å². The number of carbonyl (C=O) groups excluding carboxylic acids is 1. The number of ether oxygens (including phenoxy) is 1. The zero-order chi connectivity index (χ0) is 20.3. The molecule has 0 saturated carbocycles. The maximum atomic E-state index is 13.8. The van der Waals surface area contributed by atoms with Crippen molar-refractivity contribution in [3.63, 3.8) is 0 Å². The van der Waals surface area contributed by atoms with E-state index < -0.39 is 5.82 Å². The topological polar surface area (TPSA) is 67.0 Å². The first-order valence-corrected chi connectivity index (χ1v) is 8.74. The third kappa shape index (κ3) is 3.74. The molecule has 0 saturated heterocycles.